The van der Waals surface area contributed by atoms with Crippen molar-refractivity contribution in [3.05, 3.63) is 0 Å². The lowest BCUT2D eigenvalue weighted by atomic mass is 10.1. The Labute approximate surface area is 113 Å². The molecular weight excluding hydrogens is 224 g/mol. The standard InChI is InChI=1S/C15H32N2O/c1-3-4-5-6-7-10-13-16-17-15(2)12-9-8-11-14-18/h16,18H,3-14H2,1-2H3. The number of hydrazone groups is 1. The fourth-order valence-electron chi connectivity index (χ4n) is 1.90. The van der Waals surface area contributed by atoms with Crippen LogP contribution in [0.4, 0.5) is 0 Å². The van der Waals surface area contributed by atoms with Crippen molar-refractivity contribution in [2.75, 3.05) is 13.2 Å². The van der Waals surface area contributed by atoms with Crippen molar-refractivity contribution in [3.63, 3.8) is 0 Å². The average molecular weight is 256 g/mol. The van der Waals surface area contributed by atoms with Crippen LogP contribution in [-0.4, -0.2) is 24.0 Å². The maximum atomic E-state index is 8.67. The van der Waals surface area contributed by atoms with Gasteiger partial charge in [-0.2, -0.15) is 5.10 Å². The molecule has 0 saturated heterocycles. The number of hydrogen-bond acceptors (Lipinski definition) is 3. The number of hydrogen-bond donors (Lipinski definition) is 2. The third kappa shape index (κ3) is 13.5. The number of nitrogens with one attached hydrogen (secondary N) is 1. The van der Waals surface area contributed by atoms with Gasteiger partial charge in [0.05, 0.1) is 0 Å². The Balaban J connectivity index is 3.23. The van der Waals surface area contributed by atoms with E-state index >= 15 is 0 Å². The van der Waals surface area contributed by atoms with Gasteiger partial charge in [0.25, 0.3) is 0 Å². The van der Waals surface area contributed by atoms with Gasteiger partial charge in [0.1, 0.15) is 0 Å². The van der Waals surface area contributed by atoms with Crippen LogP contribution in [0, 0.1) is 0 Å². The van der Waals surface area contributed by atoms with Crippen LogP contribution in [0.1, 0.15) is 78.1 Å². The van der Waals surface area contributed by atoms with Crippen LogP contribution < -0.4 is 5.43 Å². The van der Waals surface area contributed by atoms with Crippen molar-refractivity contribution < 1.29 is 5.11 Å². The van der Waals surface area contributed by atoms with Crippen LogP contribution in [0.3, 0.4) is 0 Å². The second kappa shape index (κ2) is 14.5. The lowest BCUT2D eigenvalue weighted by Gasteiger charge is -2.03. The summed E-state index contributed by atoms with van der Waals surface area (Å²) in [5.41, 5.74) is 4.34. The van der Waals surface area contributed by atoms with Gasteiger partial charge in [0.15, 0.2) is 0 Å². The molecule has 3 nitrogen and oxygen atoms in total. The summed E-state index contributed by atoms with van der Waals surface area (Å²) in [6, 6.07) is 0. The summed E-state index contributed by atoms with van der Waals surface area (Å²) in [5, 5.41) is 13.0. The first kappa shape index (κ1) is 17.4. The average Bonchev–Trinajstić information content (AvgIpc) is 2.38. The third-order valence-corrected chi connectivity index (χ3v) is 3.11. The van der Waals surface area contributed by atoms with Crippen LogP contribution in [0.15, 0.2) is 5.10 Å². The van der Waals surface area contributed by atoms with Crippen molar-refractivity contribution >= 4 is 5.71 Å². The van der Waals surface area contributed by atoms with Crippen LogP contribution >= 0.6 is 0 Å². The molecule has 0 unspecified atom stereocenters. The number of nitrogens with zero attached hydrogens (tertiary/aromatic N) is 1. The van der Waals surface area contributed by atoms with Crippen LogP contribution in [0.2, 0.25) is 0 Å². The van der Waals surface area contributed by atoms with Gasteiger partial charge in [0.2, 0.25) is 0 Å². The zero-order valence-electron chi connectivity index (χ0n) is 12.4. The van der Waals surface area contributed by atoms with Crippen LogP contribution in [-0.2, 0) is 0 Å². The predicted octanol–water partition coefficient (Wildman–Crippen LogP) is 3.87. The minimum absolute atomic E-state index is 0.312. The minimum atomic E-state index is 0.312. The molecule has 0 aliphatic rings. The monoisotopic (exact) mass is 256 g/mol. The van der Waals surface area contributed by atoms with E-state index in [9.17, 15) is 0 Å². The Kier molecular flexibility index (Phi) is 14.0. The van der Waals surface area contributed by atoms with Crippen LogP contribution in [0.25, 0.3) is 0 Å². The lowest BCUT2D eigenvalue weighted by Crippen LogP contribution is -2.10. The largest absolute Gasteiger partial charge is 0.396 e. The highest BCUT2D eigenvalue weighted by atomic mass is 16.2. The smallest absolute Gasteiger partial charge is 0.0431 e. The van der Waals surface area contributed by atoms with E-state index in [0.29, 0.717) is 6.61 Å². The molecule has 0 spiro atoms. The molecule has 0 aromatic rings. The molecule has 108 valence electrons. The first-order valence-corrected chi connectivity index (χ1v) is 7.68. The molecule has 0 atom stereocenters. The van der Waals surface area contributed by atoms with Crippen molar-refractivity contribution in [2.24, 2.45) is 5.10 Å². The summed E-state index contributed by atoms with van der Waals surface area (Å²) >= 11 is 0. The maximum Gasteiger partial charge on any atom is 0.0431 e. The Morgan fingerprint density at radius 2 is 1.61 bits per heavy atom. The Morgan fingerprint density at radius 1 is 0.944 bits per heavy atom. The van der Waals surface area contributed by atoms with E-state index in [1.807, 2.05) is 0 Å². The molecule has 0 aromatic carbocycles. The second-order valence-electron chi connectivity index (χ2n) is 5.06. The highest BCUT2D eigenvalue weighted by Gasteiger charge is 1.93. The van der Waals surface area contributed by atoms with E-state index in [2.05, 4.69) is 24.4 Å². The summed E-state index contributed by atoms with van der Waals surface area (Å²) in [4.78, 5) is 0. The number of rotatable bonds is 13. The van der Waals surface area contributed by atoms with Gasteiger partial charge in [-0.25, -0.2) is 0 Å². The van der Waals surface area contributed by atoms with Gasteiger partial charge in [-0.15, -0.1) is 0 Å². The van der Waals surface area contributed by atoms with Crippen molar-refractivity contribution in [1.29, 1.82) is 0 Å². The molecule has 0 aromatic heterocycles. The van der Waals surface area contributed by atoms with E-state index in [1.165, 1.54) is 44.2 Å². The van der Waals surface area contributed by atoms with E-state index in [4.69, 9.17) is 5.11 Å². The molecule has 0 radical (unpaired) electrons. The predicted molar refractivity (Wildman–Crippen MR) is 80.0 cm³/mol. The highest BCUT2D eigenvalue weighted by Crippen LogP contribution is 2.04. The second-order valence-corrected chi connectivity index (χ2v) is 5.06. The van der Waals surface area contributed by atoms with Crippen molar-refractivity contribution in [1.82, 2.24) is 5.43 Å². The molecule has 0 saturated carbocycles. The normalized spacial score (nSPS) is 11.8. The molecule has 0 amide bonds. The van der Waals surface area contributed by atoms with Gasteiger partial charge < -0.3 is 10.5 Å². The molecule has 0 aliphatic carbocycles. The molecule has 3 heteroatoms. The van der Waals surface area contributed by atoms with Gasteiger partial charge in [-0.3, -0.25) is 0 Å². The summed E-state index contributed by atoms with van der Waals surface area (Å²) in [6.45, 7) is 5.64. The third-order valence-electron chi connectivity index (χ3n) is 3.11. The molecule has 18 heavy (non-hydrogen) atoms. The summed E-state index contributed by atoms with van der Waals surface area (Å²) in [7, 11) is 0. The Morgan fingerprint density at radius 3 is 2.33 bits per heavy atom. The van der Waals surface area contributed by atoms with E-state index in [-0.39, 0.29) is 0 Å². The molecule has 0 aliphatic heterocycles. The van der Waals surface area contributed by atoms with Gasteiger partial charge >= 0.3 is 0 Å². The number of aliphatic hydroxyl groups is 1. The molecule has 0 heterocycles. The van der Waals surface area contributed by atoms with Gasteiger partial charge in [0, 0.05) is 18.9 Å². The molecule has 0 bridgehead atoms. The summed E-state index contributed by atoms with van der Waals surface area (Å²) in [5.74, 6) is 0. The molecule has 2 N–H and O–H groups in total. The van der Waals surface area contributed by atoms with Crippen molar-refractivity contribution in [2.45, 2.75) is 78.1 Å². The van der Waals surface area contributed by atoms with Gasteiger partial charge in [-0.1, -0.05) is 45.4 Å². The summed E-state index contributed by atoms with van der Waals surface area (Å²) < 4.78 is 0. The maximum absolute atomic E-state index is 8.67. The molecule has 0 rings (SSSR count). The topological polar surface area (TPSA) is 44.6 Å². The number of unbranched alkanes of at least 4 members (excludes halogenated alkanes) is 7. The first-order valence-electron chi connectivity index (χ1n) is 7.68. The summed E-state index contributed by atoms with van der Waals surface area (Å²) in [6.07, 6.45) is 12.2. The zero-order chi connectivity index (χ0) is 13.5. The van der Waals surface area contributed by atoms with E-state index in [0.717, 1.165) is 32.2 Å². The Hall–Kier alpha value is -0.570. The van der Waals surface area contributed by atoms with Crippen molar-refractivity contribution in [3.8, 4) is 0 Å². The quantitative estimate of drug-likeness (QED) is 0.298. The minimum Gasteiger partial charge on any atom is -0.396 e. The van der Waals surface area contributed by atoms with Gasteiger partial charge in [-0.05, 0) is 32.6 Å². The fraction of sp³-hybridized carbons (Fsp3) is 0.933. The molecule has 0 fully saturated rings. The Bertz CT molecular complexity index is 193. The van der Waals surface area contributed by atoms with Crippen LogP contribution in [0.5, 0.6) is 0 Å². The van der Waals surface area contributed by atoms with E-state index in [1.54, 1.807) is 0 Å². The lowest BCUT2D eigenvalue weighted by molar-refractivity contribution is 0.283. The zero-order valence-corrected chi connectivity index (χ0v) is 12.4. The number of aliphatic hydroxyl groups excluding tert-OH is 1. The fourth-order valence-corrected chi connectivity index (χ4v) is 1.90. The highest BCUT2D eigenvalue weighted by molar-refractivity contribution is 5.81. The van der Waals surface area contributed by atoms with E-state index < -0.39 is 0 Å². The SMILES string of the molecule is CCCCCCCCNN=C(C)CCCCCO. The molecular formula is C15H32N2O. The first-order chi connectivity index (χ1) is 8.81.